The summed E-state index contributed by atoms with van der Waals surface area (Å²) in [5.41, 5.74) is 8.85. The number of pyridine rings is 1. The van der Waals surface area contributed by atoms with Gasteiger partial charge in [0.1, 0.15) is 23.6 Å². The van der Waals surface area contributed by atoms with Crippen LogP contribution in [-0.2, 0) is 13.1 Å². The third-order valence-electron chi connectivity index (χ3n) is 4.76. The molecule has 2 heterocycles. The van der Waals surface area contributed by atoms with Crippen LogP contribution in [0.3, 0.4) is 0 Å². The Morgan fingerprint density at radius 1 is 1.32 bits per heavy atom. The quantitative estimate of drug-likeness (QED) is 0.443. The van der Waals surface area contributed by atoms with Gasteiger partial charge >= 0.3 is 0 Å². The standard InChI is InChI=1S/C19H22N6O2.C4H10/c1-3-27-13-7-12(9-22-2)15-10-25(19(26)14(15)8-13)17-6-4-5-16(24-17)18(21)23-11-20;1-3-4-2/h4-8,11,22H,3,9-10H2,1-2H3,(H3,20,21,23);3-4H2,1-2H3. The second kappa shape index (κ2) is 11.8. The highest BCUT2D eigenvalue weighted by Gasteiger charge is 2.32. The molecule has 0 saturated carbocycles. The number of ether oxygens (including phenoxy) is 1. The van der Waals surface area contributed by atoms with Gasteiger partial charge in [-0.05, 0) is 49.4 Å². The van der Waals surface area contributed by atoms with E-state index >= 15 is 0 Å². The van der Waals surface area contributed by atoms with Crippen molar-refractivity contribution >= 4 is 23.9 Å². The highest BCUT2D eigenvalue weighted by atomic mass is 16.5. The number of aliphatic imine (C=N–C) groups is 1. The van der Waals surface area contributed by atoms with Crippen molar-refractivity contribution < 1.29 is 9.53 Å². The smallest absolute Gasteiger partial charge is 0.260 e. The lowest BCUT2D eigenvalue weighted by atomic mass is 10.0. The summed E-state index contributed by atoms with van der Waals surface area (Å²) >= 11 is 0. The van der Waals surface area contributed by atoms with Crippen LogP contribution in [0.25, 0.3) is 0 Å². The number of amides is 1. The number of nitrogens with two attached hydrogens (primary N) is 1. The summed E-state index contributed by atoms with van der Waals surface area (Å²) in [5.74, 6) is 1.17. The van der Waals surface area contributed by atoms with Gasteiger partial charge in [-0.15, -0.1) is 0 Å². The Morgan fingerprint density at radius 3 is 2.68 bits per heavy atom. The molecule has 166 valence electrons. The number of nitrogens with one attached hydrogen (secondary N) is 2. The van der Waals surface area contributed by atoms with Crippen LogP contribution in [0.1, 0.15) is 60.8 Å². The summed E-state index contributed by atoms with van der Waals surface area (Å²) in [4.78, 5) is 22.8. The van der Waals surface area contributed by atoms with E-state index in [9.17, 15) is 4.79 Å². The van der Waals surface area contributed by atoms with Crippen molar-refractivity contribution in [2.45, 2.75) is 46.7 Å². The summed E-state index contributed by atoms with van der Waals surface area (Å²) in [5, 5.41) is 10.2. The predicted molar refractivity (Wildman–Crippen MR) is 125 cm³/mol. The van der Waals surface area contributed by atoms with Gasteiger partial charge in [-0.3, -0.25) is 15.1 Å². The number of hydrogen-bond acceptors (Lipinski definition) is 5. The van der Waals surface area contributed by atoms with Gasteiger partial charge in [-0.2, -0.15) is 0 Å². The number of rotatable bonds is 8. The van der Waals surface area contributed by atoms with Gasteiger partial charge in [0, 0.05) is 12.1 Å². The van der Waals surface area contributed by atoms with E-state index in [1.165, 1.54) is 12.8 Å². The van der Waals surface area contributed by atoms with E-state index in [0.717, 1.165) is 17.5 Å². The Hall–Kier alpha value is -3.26. The average molecular weight is 425 g/mol. The van der Waals surface area contributed by atoms with Crippen LogP contribution in [0.5, 0.6) is 5.75 Å². The monoisotopic (exact) mass is 424 g/mol. The molecule has 1 aliphatic rings. The molecule has 1 aromatic carbocycles. The number of amidine groups is 1. The van der Waals surface area contributed by atoms with Crippen LogP contribution in [0, 0.1) is 5.41 Å². The molecule has 0 spiro atoms. The van der Waals surface area contributed by atoms with Gasteiger partial charge in [-0.1, -0.05) is 32.8 Å². The minimum atomic E-state index is -0.129. The number of fused-ring (bicyclic) bond motifs is 1. The van der Waals surface area contributed by atoms with Gasteiger partial charge in [-0.25, -0.2) is 9.98 Å². The van der Waals surface area contributed by atoms with E-state index in [1.807, 2.05) is 20.0 Å². The zero-order chi connectivity index (χ0) is 22.8. The second-order valence-corrected chi connectivity index (χ2v) is 6.99. The highest BCUT2D eigenvalue weighted by molar-refractivity contribution is 6.10. The lowest BCUT2D eigenvalue weighted by Crippen LogP contribution is -2.25. The molecule has 8 heteroatoms. The maximum atomic E-state index is 13.0. The Balaban J connectivity index is 0.000000785. The molecule has 0 fully saturated rings. The van der Waals surface area contributed by atoms with Gasteiger partial charge < -0.3 is 15.8 Å². The molecule has 4 N–H and O–H groups in total. The first-order chi connectivity index (χ1) is 15.0. The van der Waals surface area contributed by atoms with E-state index in [0.29, 0.717) is 42.5 Å². The largest absolute Gasteiger partial charge is 0.494 e. The number of aromatic nitrogens is 1. The molecule has 0 radical (unpaired) electrons. The summed E-state index contributed by atoms with van der Waals surface area (Å²) in [6.07, 6.45) is 3.50. The molecule has 1 aromatic heterocycles. The zero-order valence-corrected chi connectivity index (χ0v) is 18.7. The lowest BCUT2D eigenvalue weighted by Gasteiger charge is -2.15. The second-order valence-electron chi connectivity index (χ2n) is 6.99. The van der Waals surface area contributed by atoms with Crippen LogP contribution >= 0.6 is 0 Å². The van der Waals surface area contributed by atoms with Crippen molar-refractivity contribution in [2.75, 3.05) is 18.6 Å². The van der Waals surface area contributed by atoms with E-state index in [2.05, 4.69) is 29.1 Å². The van der Waals surface area contributed by atoms with Gasteiger partial charge in [0.15, 0.2) is 5.84 Å². The molecule has 2 aromatic rings. The normalized spacial score (nSPS) is 12.8. The molecule has 3 rings (SSSR count). The SMILES string of the molecule is CCCC.CCOc1cc(CNC)c2c(c1)C(=O)N(c1cccc(C(N)=NC=N)n1)C2. The Kier molecular flexibility index (Phi) is 9.14. The van der Waals surface area contributed by atoms with E-state index in [1.54, 1.807) is 29.2 Å². The van der Waals surface area contributed by atoms with E-state index < -0.39 is 0 Å². The van der Waals surface area contributed by atoms with Crippen LogP contribution in [-0.4, -0.2) is 36.7 Å². The van der Waals surface area contributed by atoms with Crippen LogP contribution in [0.2, 0.25) is 0 Å². The fourth-order valence-corrected chi connectivity index (χ4v) is 3.09. The molecular formula is C23H32N6O2. The summed E-state index contributed by atoms with van der Waals surface area (Å²) in [6.45, 7) is 7.87. The fourth-order valence-electron chi connectivity index (χ4n) is 3.09. The predicted octanol–water partition coefficient (Wildman–Crippen LogP) is 3.48. The number of carbonyl (C=O) groups is 1. The van der Waals surface area contributed by atoms with Gasteiger partial charge in [0.2, 0.25) is 0 Å². The van der Waals surface area contributed by atoms with E-state index in [4.69, 9.17) is 15.9 Å². The highest BCUT2D eigenvalue weighted by Crippen LogP contribution is 2.33. The number of unbranched alkanes of at least 4 members (excludes halogenated alkanes) is 1. The topological polar surface area (TPSA) is 117 Å². The number of nitrogens with zero attached hydrogens (tertiary/aromatic N) is 3. The number of carbonyl (C=O) groups excluding carboxylic acids is 1. The summed E-state index contributed by atoms with van der Waals surface area (Å²) in [7, 11) is 1.87. The first kappa shape index (κ1) is 24.0. The fraction of sp³-hybridized carbons (Fsp3) is 0.391. The number of hydrogen-bond donors (Lipinski definition) is 3. The first-order valence-corrected chi connectivity index (χ1v) is 10.5. The van der Waals surface area contributed by atoms with Crippen LogP contribution in [0.15, 0.2) is 35.3 Å². The third kappa shape index (κ3) is 5.88. The zero-order valence-electron chi connectivity index (χ0n) is 18.7. The van der Waals surface area contributed by atoms with E-state index in [-0.39, 0.29) is 11.7 Å². The minimum absolute atomic E-state index is 0.129. The molecular weight excluding hydrogens is 392 g/mol. The number of benzene rings is 1. The van der Waals surface area contributed by atoms with Crippen molar-refractivity contribution in [1.82, 2.24) is 10.3 Å². The number of anilines is 1. The molecule has 0 saturated heterocycles. The first-order valence-electron chi connectivity index (χ1n) is 10.5. The van der Waals surface area contributed by atoms with Crippen molar-refractivity contribution in [2.24, 2.45) is 10.7 Å². The van der Waals surface area contributed by atoms with Crippen molar-refractivity contribution in [3.05, 3.63) is 52.7 Å². The summed E-state index contributed by atoms with van der Waals surface area (Å²) in [6, 6.07) is 8.97. The molecule has 0 bridgehead atoms. The molecule has 0 unspecified atom stereocenters. The summed E-state index contributed by atoms with van der Waals surface area (Å²) < 4.78 is 5.62. The Morgan fingerprint density at radius 2 is 2.06 bits per heavy atom. The maximum Gasteiger partial charge on any atom is 0.260 e. The molecule has 0 atom stereocenters. The third-order valence-corrected chi connectivity index (χ3v) is 4.76. The molecule has 31 heavy (non-hydrogen) atoms. The molecule has 1 amide bonds. The maximum absolute atomic E-state index is 13.0. The molecule has 0 aliphatic carbocycles. The minimum Gasteiger partial charge on any atom is -0.494 e. The average Bonchev–Trinajstić information content (AvgIpc) is 3.11. The lowest BCUT2D eigenvalue weighted by molar-refractivity contribution is 0.0995. The van der Waals surface area contributed by atoms with Crippen molar-refractivity contribution in [1.29, 1.82) is 5.41 Å². The van der Waals surface area contributed by atoms with Crippen LogP contribution < -0.4 is 20.7 Å². The van der Waals surface area contributed by atoms with Gasteiger partial charge in [0.05, 0.1) is 13.2 Å². The van der Waals surface area contributed by atoms with Crippen molar-refractivity contribution in [3.8, 4) is 5.75 Å². The molecule has 1 aliphatic heterocycles. The molecule has 8 nitrogen and oxygen atoms in total. The van der Waals surface area contributed by atoms with Crippen LogP contribution in [0.4, 0.5) is 5.82 Å². The Labute approximate surface area is 184 Å². The van der Waals surface area contributed by atoms with Crippen molar-refractivity contribution in [3.63, 3.8) is 0 Å². The Bertz CT molecular complexity index is 940. The van der Waals surface area contributed by atoms with Gasteiger partial charge in [0.25, 0.3) is 5.91 Å².